The van der Waals surface area contributed by atoms with E-state index in [2.05, 4.69) is 31.9 Å². The third kappa shape index (κ3) is 5.43. The van der Waals surface area contributed by atoms with E-state index in [0.29, 0.717) is 11.8 Å². The molecule has 1 saturated heterocycles. The molecule has 1 aromatic heterocycles. The second-order valence-corrected chi connectivity index (χ2v) is 7.67. The van der Waals surface area contributed by atoms with Crippen LogP contribution in [0, 0.1) is 0 Å². The van der Waals surface area contributed by atoms with Crippen LogP contribution in [0.2, 0.25) is 0 Å². The van der Waals surface area contributed by atoms with Crippen molar-refractivity contribution in [1.82, 2.24) is 25.0 Å². The molecule has 8 heteroatoms. The number of thioether (sulfide) groups is 1. The summed E-state index contributed by atoms with van der Waals surface area (Å²) in [7, 11) is 0. The highest BCUT2D eigenvalue weighted by atomic mass is 32.2. The van der Waals surface area contributed by atoms with Gasteiger partial charge in [0.25, 0.3) is 0 Å². The van der Waals surface area contributed by atoms with E-state index in [1.165, 1.54) is 31.0 Å². The fourth-order valence-electron chi connectivity index (χ4n) is 3.47. The van der Waals surface area contributed by atoms with Gasteiger partial charge in [-0.25, -0.2) is 0 Å². The van der Waals surface area contributed by atoms with Crippen molar-refractivity contribution in [3.05, 3.63) is 5.82 Å². The molecule has 140 valence electrons. The predicted molar refractivity (Wildman–Crippen MR) is 97.5 cm³/mol. The summed E-state index contributed by atoms with van der Waals surface area (Å²) in [6.07, 6.45) is 5.99. The van der Waals surface area contributed by atoms with Gasteiger partial charge < -0.3 is 14.6 Å². The summed E-state index contributed by atoms with van der Waals surface area (Å²) >= 11 is 1.49. The van der Waals surface area contributed by atoms with Crippen LogP contribution in [0.1, 0.15) is 44.9 Å². The lowest BCUT2D eigenvalue weighted by atomic mass is 9.95. The van der Waals surface area contributed by atoms with Gasteiger partial charge in [-0.15, -0.1) is 10.2 Å². The first-order valence-corrected chi connectivity index (χ1v) is 10.4. The van der Waals surface area contributed by atoms with Crippen molar-refractivity contribution in [2.75, 3.05) is 32.1 Å². The third-order valence-corrected chi connectivity index (χ3v) is 5.85. The maximum absolute atomic E-state index is 12.2. The summed E-state index contributed by atoms with van der Waals surface area (Å²) in [5.74, 6) is 1.49. The van der Waals surface area contributed by atoms with Gasteiger partial charge in [0.15, 0.2) is 5.16 Å². The highest BCUT2D eigenvalue weighted by Crippen LogP contribution is 2.20. The van der Waals surface area contributed by atoms with Gasteiger partial charge in [0.2, 0.25) is 5.91 Å². The molecule has 0 unspecified atom stereocenters. The van der Waals surface area contributed by atoms with Gasteiger partial charge in [0.05, 0.1) is 25.5 Å². The van der Waals surface area contributed by atoms with Crippen LogP contribution in [0.3, 0.4) is 0 Å². The Labute approximate surface area is 153 Å². The van der Waals surface area contributed by atoms with Crippen LogP contribution in [0.4, 0.5) is 0 Å². The number of hydrogen-bond donors (Lipinski definition) is 1. The van der Waals surface area contributed by atoms with Crippen molar-refractivity contribution < 1.29 is 9.53 Å². The van der Waals surface area contributed by atoms with Gasteiger partial charge in [-0.1, -0.05) is 31.0 Å². The molecule has 2 aliphatic rings. The quantitative estimate of drug-likeness (QED) is 0.739. The number of rotatable bonds is 7. The minimum atomic E-state index is 0.109. The molecular weight excluding hydrogens is 338 g/mol. The second-order valence-electron chi connectivity index (χ2n) is 6.72. The lowest BCUT2D eigenvalue weighted by Gasteiger charge is -2.26. The van der Waals surface area contributed by atoms with E-state index in [9.17, 15) is 4.79 Å². The average molecular weight is 368 g/mol. The zero-order chi connectivity index (χ0) is 17.5. The van der Waals surface area contributed by atoms with Gasteiger partial charge in [-0.3, -0.25) is 9.69 Å². The molecule has 1 amide bonds. The van der Waals surface area contributed by atoms with Crippen LogP contribution in [0.15, 0.2) is 5.16 Å². The minimum absolute atomic E-state index is 0.109. The smallest absolute Gasteiger partial charge is 0.230 e. The van der Waals surface area contributed by atoms with Crippen molar-refractivity contribution in [2.24, 2.45) is 0 Å². The average Bonchev–Trinajstić information content (AvgIpc) is 3.03. The molecule has 2 fully saturated rings. The molecule has 1 N–H and O–H groups in total. The summed E-state index contributed by atoms with van der Waals surface area (Å²) < 4.78 is 7.51. The van der Waals surface area contributed by atoms with Crippen molar-refractivity contribution >= 4 is 17.7 Å². The maximum Gasteiger partial charge on any atom is 0.230 e. The van der Waals surface area contributed by atoms with Crippen molar-refractivity contribution in [1.29, 1.82) is 0 Å². The van der Waals surface area contributed by atoms with E-state index >= 15 is 0 Å². The normalized spacial score (nSPS) is 19.9. The fourth-order valence-corrected chi connectivity index (χ4v) is 4.30. The molecule has 1 saturated carbocycles. The molecular formula is C17H29N5O2S. The van der Waals surface area contributed by atoms with Crippen LogP contribution in [0.5, 0.6) is 0 Å². The van der Waals surface area contributed by atoms with Crippen LogP contribution in [-0.4, -0.2) is 63.7 Å². The molecule has 0 bridgehead atoms. The van der Waals surface area contributed by atoms with Crippen LogP contribution in [-0.2, 0) is 22.6 Å². The highest BCUT2D eigenvalue weighted by Gasteiger charge is 2.19. The zero-order valence-electron chi connectivity index (χ0n) is 15.1. The van der Waals surface area contributed by atoms with Gasteiger partial charge in [-0.2, -0.15) is 0 Å². The molecule has 3 rings (SSSR count). The van der Waals surface area contributed by atoms with Crippen molar-refractivity contribution in [3.8, 4) is 0 Å². The first kappa shape index (κ1) is 18.7. The molecule has 1 aliphatic carbocycles. The van der Waals surface area contributed by atoms with E-state index in [4.69, 9.17) is 4.74 Å². The fraction of sp³-hybridized carbons (Fsp3) is 0.824. The predicted octanol–water partition coefficient (Wildman–Crippen LogP) is 1.67. The molecule has 1 aliphatic heterocycles. The number of carbonyl (C=O) groups is 1. The zero-order valence-corrected chi connectivity index (χ0v) is 15.9. The lowest BCUT2D eigenvalue weighted by Crippen LogP contribution is -2.37. The van der Waals surface area contributed by atoms with Gasteiger partial charge >= 0.3 is 0 Å². The molecule has 7 nitrogen and oxygen atoms in total. The highest BCUT2D eigenvalue weighted by molar-refractivity contribution is 7.99. The molecule has 0 radical (unpaired) electrons. The van der Waals surface area contributed by atoms with E-state index in [1.807, 2.05) is 0 Å². The first-order chi connectivity index (χ1) is 12.3. The van der Waals surface area contributed by atoms with Crippen LogP contribution >= 0.6 is 11.8 Å². The molecule has 25 heavy (non-hydrogen) atoms. The second kappa shape index (κ2) is 9.54. The third-order valence-electron chi connectivity index (χ3n) is 4.88. The Kier molecular flexibility index (Phi) is 7.12. The number of amides is 1. The number of hydrogen-bond acceptors (Lipinski definition) is 6. The van der Waals surface area contributed by atoms with E-state index < -0.39 is 0 Å². The minimum Gasteiger partial charge on any atom is -0.379 e. The summed E-state index contributed by atoms with van der Waals surface area (Å²) in [5, 5.41) is 12.7. The Balaban J connectivity index is 1.50. The first-order valence-electron chi connectivity index (χ1n) is 9.40. The number of ether oxygens (including phenoxy) is 1. The summed E-state index contributed by atoms with van der Waals surface area (Å²) in [6.45, 7) is 7.13. The Morgan fingerprint density at radius 2 is 2.00 bits per heavy atom. The van der Waals surface area contributed by atoms with Crippen molar-refractivity contribution in [2.45, 2.75) is 63.3 Å². The molecule has 0 aromatic carbocycles. The standard InChI is InChI=1S/C17H29N5O2S/c1-2-22-15(12-21-8-10-24-11-9-21)19-20-17(22)25-13-16(23)18-14-6-4-3-5-7-14/h14H,2-13H2,1H3,(H,18,23). The summed E-state index contributed by atoms with van der Waals surface area (Å²) in [4.78, 5) is 14.5. The maximum atomic E-state index is 12.2. The Hall–Kier alpha value is -1.12. The number of morpholine rings is 1. The largest absolute Gasteiger partial charge is 0.379 e. The van der Waals surface area contributed by atoms with Gasteiger partial charge in [0, 0.05) is 25.7 Å². The van der Waals surface area contributed by atoms with Crippen LogP contribution in [0.25, 0.3) is 0 Å². The van der Waals surface area contributed by atoms with Gasteiger partial charge in [-0.05, 0) is 19.8 Å². The Bertz CT molecular complexity index is 553. The van der Waals surface area contributed by atoms with E-state index in [-0.39, 0.29) is 5.91 Å². The molecule has 0 atom stereocenters. The summed E-state index contributed by atoms with van der Waals surface area (Å²) in [5.41, 5.74) is 0. The SMILES string of the molecule is CCn1c(CN2CCOCC2)nnc1SCC(=O)NC1CCCCC1. The molecule has 0 spiro atoms. The molecule has 2 heterocycles. The van der Waals surface area contributed by atoms with Crippen molar-refractivity contribution in [3.63, 3.8) is 0 Å². The number of nitrogens with zero attached hydrogens (tertiary/aromatic N) is 4. The van der Waals surface area contributed by atoms with Crippen LogP contribution < -0.4 is 5.32 Å². The summed E-state index contributed by atoms with van der Waals surface area (Å²) in [6, 6.07) is 0.364. The number of aromatic nitrogens is 3. The van der Waals surface area contributed by atoms with Gasteiger partial charge in [0.1, 0.15) is 5.82 Å². The monoisotopic (exact) mass is 367 g/mol. The number of carbonyl (C=O) groups excluding carboxylic acids is 1. The Morgan fingerprint density at radius 3 is 2.72 bits per heavy atom. The van der Waals surface area contributed by atoms with E-state index in [0.717, 1.165) is 63.2 Å². The van der Waals surface area contributed by atoms with E-state index in [1.54, 1.807) is 0 Å². The Morgan fingerprint density at radius 1 is 1.24 bits per heavy atom. The number of nitrogens with one attached hydrogen (secondary N) is 1. The molecule has 1 aromatic rings. The lowest BCUT2D eigenvalue weighted by molar-refractivity contribution is -0.119. The topological polar surface area (TPSA) is 72.3 Å².